The van der Waals surface area contributed by atoms with E-state index in [1.165, 1.54) is 11.3 Å². The Morgan fingerprint density at radius 3 is 2.88 bits per heavy atom. The van der Waals surface area contributed by atoms with Crippen molar-refractivity contribution in [1.82, 2.24) is 9.88 Å². The summed E-state index contributed by atoms with van der Waals surface area (Å²) in [5, 5.41) is 4.48. The second-order valence-corrected chi connectivity index (χ2v) is 5.57. The number of nitrogens with zero attached hydrogens (tertiary/aromatic N) is 2. The number of thiazole rings is 1. The fourth-order valence-corrected chi connectivity index (χ4v) is 3.01. The van der Waals surface area contributed by atoms with Gasteiger partial charge in [0.05, 0.1) is 5.69 Å². The maximum atomic E-state index is 12.1. The van der Waals surface area contributed by atoms with Gasteiger partial charge in [-0.15, -0.1) is 0 Å². The highest BCUT2D eigenvalue weighted by molar-refractivity contribution is 7.17. The average Bonchev–Trinajstić information content (AvgIpc) is 2.87. The van der Waals surface area contributed by atoms with Crippen molar-refractivity contribution in [1.29, 1.82) is 0 Å². The minimum absolute atomic E-state index is 0.0251. The van der Waals surface area contributed by atoms with Crippen molar-refractivity contribution in [3.05, 3.63) is 33.0 Å². The van der Waals surface area contributed by atoms with Crippen LogP contribution in [0.4, 0.5) is 5.13 Å². The molecule has 2 rings (SSSR count). The smallest absolute Gasteiger partial charge is 0.265 e. The van der Waals surface area contributed by atoms with Crippen LogP contribution in [0.25, 0.3) is 0 Å². The van der Waals surface area contributed by atoms with Crippen LogP contribution < -0.4 is 5.73 Å². The number of aryl methyl sites for hydroxylation is 1. The van der Waals surface area contributed by atoms with Crippen LogP contribution in [-0.4, -0.2) is 22.8 Å². The van der Waals surface area contributed by atoms with Gasteiger partial charge < -0.3 is 10.6 Å². The van der Waals surface area contributed by atoms with Crippen molar-refractivity contribution in [2.45, 2.75) is 13.5 Å². The summed E-state index contributed by atoms with van der Waals surface area (Å²) in [7, 11) is 1.79. The lowest BCUT2D eigenvalue weighted by molar-refractivity contribution is 0.0789. The number of aromatic nitrogens is 1. The van der Waals surface area contributed by atoms with Gasteiger partial charge in [0.2, 0.25) is 0 Å². The predicted molar refractivity (Wildman–Crippen MR) is 71.4 cm³/mol. The fourth-order valence-electron chi connectivity index (χ4n) is 1.52. The lowest BCUT2D eigenvalue weighted by Crippen LogP contribution is -2.25. The Bertz CT molecular complexity index is 519. The van der Waals surface area contributed by atoms with Gasteiger partial charge in [0.1, 0.15) is 4.88 Å². The maximum absolute atomic E-state index is 12.1. The van der Waals surface area contributed by atoms with Crippen LogP contribution in [0.5, 0.6) is 0 Å². The molecule has 0 aliphatic rings. The number of rotatable bonds is 3. The zero-order valence-corrected chi connectivity index (χ0v) is 11.3. The molecule has 0 bridgehead atoms. The number of anilines is 1. The van der Waals surface area contributed by atoms with Crippen molar-refractivity contribution >= 4 is 33.7 Å². The highest BCUT2D eigenvalue weighted by Crippen LogP contribution is 2.21. The molecule has 0 aliphatic heterocycles. The second kappa shape index (κ2) is 4.85. The summed E-state index contributed by atoms with van der Waals surface area (Å²) in [6.07, 6.45) is 0. The van der Waals surface area contributed by atoms with Crippen LogP contribution in [0, 0.1) is 6.92 Å². The molecule has 0 radical (unpaired) electrons. The van der Waals surface area contributed by atoms with E-state index in [9.17, 15) is 4.79 Å². The average molecular weight is 267 g/mol. The summed E-state index contributed by atoms with van der Waals surface area (Å²) in [4.78, 5) is 18.5. The van der Waals surface area contributed by atoms with Crippen molar-refractivity contribution in [3.63, 3.8) is 0 Å². The number of carbonyl (C=O) groups excluding carboxylic acids is 1. The largest absolute Gasteiger partial charge is 0.375 e. The fraction of sp³-hybridized carbons (Fsp3) is 0.273. The molecule has 0 fully saturated rings. The van der Waals surface area contributed by atoms with Crippen LogP contribution >= 0.6 is 22.7 Å². The number of thiophene rings is 1. The molecule has 0 spiro atoms. The molecule has 6 heteroatoms. The van der Waals surface area contributed by atoms with Gasteiger partial charge >= 0.3 is 0 Å². The minimum atomic E-state index is -0.0251. The van der Waals surface area contributed by atoms with Crippen LogP contribution in [0.1, 0.15) is 20.9 Å². The number of hydrogen-bond donors (Lipinski definition) is 1. The molecule has 90 valence electrons. The quantitative estimate of drug-likeness (QED) is 0.928. The summed E-state index contributed by atoms with van der Waals surface area (Å²) in [6.45, 7) is 2.41. The molecule has 0 unspecified atom stereocenters. The van der Waals surface area contributed by atoms with Gasteiger partial charge in [-0.3, -0.25) is 4.79 Å². The molecule has 1 amide bonds. The molecule has 2 heterocycles. The van der Waals surface area contributed by atoms with E-state index >= 15 is 0 Å². The second-order valence-electron chi connectivity index (χ2n) is 3.76. The molecular formula is C11H13N3OS2. The lowest BCUT2D eigenvalue weighted by atomic mass is 10.3. The molecule has 2 aromatic rings. The molecular weight excluding hydrogens is 254 g/mol. The first-order chi connectivity index (χ1) is 8.08. The third-order valence-corrected chi connectivity index (χ3v) is 4.06. The number of hydrogen-bond acceptors (Lipinski definition) is 5. The van der Waals surface area contributed by atoms with Crippen molar-refractivity contribution in [2.75, 3.05) is 12.8 Å². The Hall–Kier alpha value is -1.40. The number of amides is 1. The normalized spacial score (nSPS) is 10.5. The Labute approximate surface area is 108 Å². The monoisotopic (exact) mass is 267 g/mol. The first kappa shape index (κ1) is 12.1. The summed E-state index contributed by atoms with van der Waals surface area (Å²) in [5.74, 6) is -0.0251. The molecule has 2 N–H and O–H groups in total. The van der Waals surface area contributed by atoms with Crippen LogP contribution in [0.2, 0.25) is 0 Å². The maximum Gasteiger partial charge on any atom is 0.265 e. The zero-order valence-electron chi connectivity index (χ0n) is 9.64. The molecule has 0 atom stereocenters. The topological polar surface area (TPSA) is 59.2 Å². The van der Waals surface area contributed by atoms with Crippen LogP contribution in [0.15, 0.2) is 16.8 Å². The summed E-state index contributed by atoms with van der Waals surface area (Å²) in [6, 6.07) is 2.02. The first-order valence-electron chi connectivity index (χ1n) is 5.07. The molecule has 0 aromatic carbocycles. The van der Waals surface area contributed by atoms with Gasteiger partial charge in [-0.25, -0.2) is 4.98 Å². The van der Waals surface area contributed by atoms with E-state index in [2.05, 4.69) is 4.98 Å². The summed E-state index contributed by atoms with van der Waals surface area (Å²) < 4.78 is 0. The molecule has 2 aromatic heterocycles. The van der Waals surface area contributed by atoms with Gasteiger partial charge in [0.15, 0.2) is 5.13 Å². The predicted octanol–water partition coefficient (Wildman–Crippen LogP) is 2.37. The number of carbonyl (C=O) groups is 1. The first-order valence-corrected chi connectivity index (χ1v) is 6.83. The molecule has 0 saturated heterocycles. The van der Waals surface area contributed by atoms with Gasteiger partial charge in [-0.1, -0.05) is 11.3 Å². The lowest BCUT2D eigenvalue weighted by Gasteiger charge is -2.15. The Balaban J connectivity index is 2.12. The Morgan fingerprint density at radius 1 is 1.59 bits per heavy atom. The van der Waals surface area contributed by atoms with E-state index in [4.69, 9.17) is 5.73 Å². The number of nitrogens with two attached hydrogens (primary N) is 1. The molecule has 0 saturated carbocycles. The number of nitrogen functional groups attached to an aromatic ring is 1. The van der Waals surface area contributed by atoms with Crippen LogP contribution in [-0.2, 0) is 6.54 Å². The van der Waals surface area contributed by atoms with Gasteiger partial charge in [0.25, 0.3) is 5.91 Å². The van der Waals surface area contributed by atoms with Crippen molar-refractivity contribution < 1.29 is 4.79 Å². The van der Waals surface area contributed by atoms with E-state index in [0.717, 1.165) is 5.56 Å². The van der Waals surface area contributed by atoms with E-state index < -0.39 is 0 Å². The summed E-state index contributed by atoms with van der Waals surface area (Å²) >= 11 is 2.87. The standard InChI is InChI=1S/C11H13N3OS2/c1-7-9(17-11(12)13-7)10(15)14(2)5-8-3-4-16-6-8/h3-4,6H,5H2,1-2H3,(H2,12,13). The van der Waals surface area contributed by atoms with Crippen molar-refractivity contribution in [3.8, 4) is 0 Å². The van der Waals surface area contributed by atoms with E-state index in [-0.39, 0.29) is 5.91 Å². The van der Waals surface area contributed by atoms with Gasteiger partial charge in [-0.2, -0.15) is 11.3 Å². The van der Waals surface area contributed by atoms with E-state index in [0.29, 0.717) is 22.2 Å². The molecule has 0 aliphatic carbocycles. The highest BCUT2D eigenvalue weighted by atomic mass is 32.1. The third kappa shape index (κ3) is 2.65. The Morgan fingerprint density at radius 2 is 2.35 bits per heavy atom. The van der Waals surface area contributed by atoms with Gasteiger partial charge in [-0.05, 0) is 29.3 Å². The van der Waals surface area contributed by atoms with Crippen molar-refractivity contribution in [2.24, 2.45) is 0 Å². The highest BCUT2D eigenvalue weighted by Gasteiger charge is 2.18. The molecule has 17 heavy (non-hydrogen) atoms. The zero-order chi connectivity index (χ0) is 12.4. The minimum Gasteiger partial charge on any atom is -0.375 e. The van der Waals surface area contributed by atoms with E-state index in [1.54, 1.807) is 30.2 Å². The molecule has 4 nitrogen and oxygen atoms in total. The summed E-state index contributed by atoms with van der Waals surface area (Å²) in [5.41, 5.74) is 7.43. The van der Waals surface area contributed by atoms with E-state index in [1.807, 2.05) is 16.8 Å². The van der Waals surface area contributed by atoms with Gasteiger partial charge in [0, 0.05) is 13.6 Å². The SMILES string of the molecule is Cc1nc(N)sc1C(=O)N(C)Cc1ccsc1. The third-order valence-electron chi connectivity index (χ3n) is 2.35. The van der Waals surface area contributed by atoms with Crippen LogP contribution in [0.3, 0.4) is 0 Å². The Kier molecular flexibility index (Phi) is 3.44.